The summed E-state index contributed by atoms with van der Waals surface area (Å²) in [7, 11) is 3.03. The van der Waals surface area contributed by atoms with Crippen molar-refractivity contribution in [2.24, 2.45) is 0 Å². The number of aromatic hydroxyl groups is 3. The molecule has 5 nitrogen and oxygen atoms in total. The fourth-order valence-electron chi connectivity index (χ4n) is 3.95. The van der Waals surface area contributed by atoms with Gasteiger partial charge in [0.15, 0.2) is 11.5 Å². The number of hydrogen-bond acceptors (Lipinski definition) is 5. The zero-order valence-corrected chi connectivity index (χ0v) is 22.3. The van der Waals surface area contributed by atoms with Gasteiger partial charge in [-0.1, -0.05) is 66.8 Å². The first kappa shape index (κ1) is 28.7. The van der Waals surface area contributed by atoms with Crippen molar-refractivity contribution in [3.05, 3.63) is 126 Å². The molecule has 0 spiro atoms. The third-order valence-corrected chi connectivity index (χ3v) is 5.94. The van der Waals surface area contributed by atoms with Crippen molar-refractivity contribution >= 4 is 12.2 Å². The summed E-state index contributed by atoms with van der Waals surface area (Å²) in [5.74, 6) is 1.12. The maximum absolute atomic E-state index is 10.0. The van der Waals surface area contributed by atoms with Crippen molar-refractivity contribution in [3.63, 3.8) is 0 Å². The molecule has 0 amide bonds. The first-order valence-electron chi connectivity index (χ1n) is 12.4. The Labute approximate surface area is 230 Å². The predicted molar refractivity (Wildman–Crippen MR) is 160 cm³/mol. The lowest BCUT2D eigenvalue weighted by atomic mass is 9.97. The van der Waals surface area contributed by atoms with Crippen LogP contribution in [-0.2, 0) is 12.8 Å². The quantitative estimate of drug-likeness (QED) is 0.154. The SMILES string of the molecule is C=CCc1ccc(O)c(-c2cc(CC=C)ccc2O)c1.COc1cc(/C=C/c2ccccc2)cc(OC)c1O. The third-order valence-electron chi connectivity index (χ3n) is 5.94. The molecule has 0 bridgehead atoms. The number of phenolic OH excluding ortho intramolecular Hbond substituents is 3. The minimum Gasteiger partial charge on any atom is -0.507 e. The maximum atomic E-state index is 10.0. The molecule has 0 atom stereocenters. The molecular weight excluding hydrogens is 488 g/mol. The Balaban J connectivity index is 0.000000216. The highest BCUT2D eigenvalue weighted by Crippen LogP contribution is 2.38. The number of hydrogen-bond donors (Lipinski definition) is 3. The van der Waals surface area contributed by atoms with Crippen LogP contribution >= 0.6 is 0 Å². The third kappa shape index (κ3) is 7.79. The maximum Gasteiger partial charge on any atom is 0.200 e. The Morgan fingerprint density at radius 3 is 1.51 bits per heavy atom. The lowest BCUT2D eigenvalue weighted by Gasteiger charge is -2.10. The molecule has 0 aromatic heterocycles. The van der Waals surface area contributed by atoms with Crippen LogP contribution in [0.2, 0.25) is 0 Å². The summed E-state index contributed by atoms with van der Waals surface area (Å²) < 4.78 is 10.2. The number of ether oxygens (including phenoxy) is 2. The highest BCUT2D eigenvalue weighted by Gasteiger charge is 2.11. The fraction of sp³-hybridized carbons (Fsp3) is 0.118. The van der Waals surface area contributed by atoms with E-state index in [-0.39, 0.29) is 17.2 Å². The summed E-state index contributed by atoms with van der Waals surface area (Å²) >= 11 is 0. The van der Waals surface area contributed by atoms with Crippen LogP contribution in [0, 0.1) is 0 Å². The van der Waals surface area contributed by atoms with Crippen LogP contribution in [0.4, 0.5) is 0 Å². The van der Waals surface area contributed by atoms with Crippen molar-refractivity contribution in [2.75, 3.05) is 14.2 Å². The van der Waals surface area contributed by atoms with Gasteiger partial charge in [-0.05, 0) is 71.5 Å². The zero-order valence-electron chi connectivity index (χ0n) is 22.3. The molecule has 0 radical (unpaired) electrons. The summed E-state index contributed by atoms with van der Waals surface area (Å²) in [5, 5.41) is 29.9. The zero-order chi connectivity index (χ0) is 28.2. The molecule has 0 saturated carbocycles. The van der Waals surface area contributed by atoms with E-state index in [9.17, 15) is 15.3 Å². The minimum absolute atomic E-state index is 0.0156. The standard InChI is InChI=1S/C18H18O2.C16H16O3/c1-3-5-13-7-9-17(19)15(11-13)16-12-14(6-4-2)8-10-18(16)20;1-18-14-10-13(11-15(19-2)16(14)17)9-8-12-6-4-3-5-7-12/h3-4,7-12,19-20H,1-2,5-6H2;3-11,17H,1-2H3/b;9-8+. The normalized spacial score (nSPS) is 10.4. The molecule has 200 valence electrons. The predicted octanol–water partition coefficient (Wildman–Crippen LogP) is 7.80. The fourth-order valence-corrected chi connectivity index (χ4v) is 3.95. The lowest BCUT2D eigenvalue weighted by Crippen LogP contribution is -1.90. The highest BCUT2D eigenvalue weighted by atomic mass is 16.5. The van der Waals surface area contributed by atoms with E-state index in [0.29, 0.717) is 22.6 Å². The van der Waals surface area contributed by atoms with Gasteiger partial charge in [0, 0.05) is 11.1 Å². The van der Waals surface area contributed by atoms with Gasteiger partial charge in [0.1, 0.15) is 11.5 Å². The summed E-state index contributed by atoms with van der Waals surface area (Å²) in [6.45, 7) is 7.43. The lowest BCUT2D eigenvalue weighted by molar-refractivity contribution is 0.340. The van der Waals surface area contributed by atoms with Crippen molar-refractivity contribution in [1.82, 2.24) is 0 Å². The van der Waals surface area contributed by atoms with E-state index in [0.717, 1.165) is 35.1 Å². The molecule has 39 heavy (non-hydrogen) atoms. The van der Waals surface area contributed by atoms with Gasteiger partial charge >= 0.3 is 0 Å². The molecule has 0 aliphatic carbocycles. The van der Waals surface area contributed by atoms with Crippen LogP contribution in [0.1, 0.15) is 22.3 Å². The van der Waals surface area contributed by atoms with E-state index in [2.05, 4.69) is 13.2 Å². The van der Waals surface area contributed by atoms with Crippen LogP contribution in [0.5, 0.6) is 28.7 Å². The number of benzene rings is 4. The number of methoxy groups -OCH3 is 2. The van der Waals surface area contributed by atoms with Gasteiger partial charge in [-0.15, -0.1) is 13.2 Å². The molecule has 0 fully saturated rings. The van der Waals surface area contributed by atoms with Crippen molar-refractivity contribution < 1.29 is 24.8 Å². The van der Waals surface area contributed by atoms with Crippen LogP contribution in [0.25, 0.3) is 23.3 Å². The van der Waals surface area contributed by atoms with Gasteiger partial charge in [-0.25, -0.2) is 0 Å². The molecule has 3 N–H and O–H groups in total. The van der Waals surface area contributed by atoms with Crippen LogP contribution in [-0.4, -0.2) is 29.5 Å². The van der Waals surface area contributed by atoms with Crippen LogP contribution < -0.4 is 9.47 Å². The van der Waals surface area contributed by atoms with Gasteiger partial charge in [0.05, 0.1) is 14.2 Å². The smallest absolute Gasteiger partial charge is 0.200 e. The second kappa shape index (κ2) is 14.1. The van der Waals surface area contributed by atoms with Crippen molar-refractivity contribution in [2.45, 2.75) is 12.8 Å². The Hall–Kier alpha value is -4.90. The summed E-state index contributed by atoms with van der Waals surface area (Å²) in [5.41, 5.74) is 5.35. The molecule has 4 aromatic carbocycles. The molecule has 0 aliphatic rings. The average Bonchev–Trinajstić information content (AvgIpc) is 2.96. The highest BCUT2D eigenvalue weighted by molar-refractivity contribution is 5.76. The van der Waals surface area contributed by atoms with Crippen LogP contribution in [0.3, 0.4) is 0 Å². The second-order valence-corrected chi connectivity index (χ2v) is 8.71. The van der Waals surface area contributed by atoms with E-state index in [1.807, 2.05) is 78.9 Å². The van der Waals surface area contributed by atoms with Gasteiger partial charge in [-0.2, -0.15) is 0 Å². The van der Waals surface area contributed by atoms with Gasteiger partial charge in [-0.3, -0.25) is 0 Å². The largest absolute Gasteiger partial charge is 0.507 e. The molecular formula is C34H34O5. The van der Waals surface area contributed by atoms with Crippen molar-refractivity contribution in [1.29, 1.82) is 0 Å². The van der Waals surface area contributed by atoms with E-state index < -0.39 is 0 Å². The Morgan fingerprint density at radius 1 is 0.615 bits per heavy atom. The summed E-state index contributed by atoms with van der Waals surface area (Å²) in [6.07, 6.45) is 9.00. The van der Waals surface area contributed by atoms with Gasteiger partial charge < -0.3 is 24.8 Å². The van der Waals surface area contributed by atoms with E-state index >= 15 is 0 Å². The van der Waals surface area contributed by atoms with E-state index in [1.165, 1.54) is 14.2 Å². The summed E-state index contributed by atoms with van der Waals surface area (Å²) in [6, 6.07) is 24.3. The molecule has 4 aromatic rings. The minimum atomic E-state index is 0.0156. The number of phenols is 3. The van der Waals surface area contributed by atoms with Crippen LogP contribution in [0.15, 0.2) is 104 Å². The number of rotatable bonds is 9. The topological polar surface area (TPSA) is 79.2 Å². The Bertz CT molecular complexity index is 1360. The van der Waals surface area contributed by atoms with Gasteiger partial charge in [0.2, 0.25) is 5.75 Å². The molecule has 0 saturated heterocycles. The molecule has 0 unspecified atom stereocenters. The van der Waals surface area contributed by atoms with E-state index in [4.69, 9.17) is 9.47 Å². The first-order valence-corrected chi connectivity index (χ1v) is 12.4. The molecule has 0 heterocycles. The molecule has 4 rings (SSSR count). The Morgan fingerprint density at radius 2 is 1.08 bits per heavy atom. The molecule has 5 heteroatoms. The summed E-state index contributed by atoms with van der Waals surface area (Å²) in [4.78, 5) is 0. The molecule has 0 aliphatic heterocycles. The van der Waals surface area contributed by atoms with Crippen molar-refractivity contribution in [3.8, 4) is 39.9 Å². The monoisotopic (exact) mass is 522 g/mol. The number of allylic oxidation sites excluding steroid dienone is 2. The average molecular weight is 523 g/mol. The van der Waals surface area contributed by atoms with E-state index in [1.54, 1.807) is 24.3 Å². The first-order chi connectivity index (χ1) is 18.9. The Kier molecular flexibility index (Phi) is 10.4. The second-order valence-electron chi connectivity index (χ2n) is 8.71. The van der Waals surface area contributed by atoms with Gasteiger partial charge in [0.25, 0.3) is 0 Å².